The maximum atomic E-state index is 13.4. The molecule has 1 aliphatic heterocycles. The maximum Gasteiger partial charge on any atom is 0.272 e. The lowest BCUT2D eigenvalue weighted by atomic mass is 9.86. The number of rotatable bonds is 4. The molecule has 2 heterocycles. The molecule has 0 radical (unpaired) electrons. The molecule has 0 bridgehead atoms. The number of carbonyl (C=O) groups is 3. The highest BCUT2D eigenvalue weighted by Gasteiger charge is 2.37. The number of amides is 3. The van der Waals surface area contributed by atoms with Crippen molar-refractivity contribution in [3.8, 4) is 11.4 Å². The summed E-state index contributed by atoms with van der Waals surface area (Å²) in [6, 6.07) is 8.95. The minimum Gasteiger partial charge on any atom is -0.357 e. The van der Waals surface area contributed by atoms with E-state index in [9.17, 15) is 14.4 Å². The molecule has 8 heteroatoms. The lowest BCUT2D eigenvalue weighted by Crippen LogP contribution is -2.53. The van der Waals surface area contributed by atoms with Gasteiger partial charge < -0.3 is 20.1 Å². The van der Waals surface area contributed by atoms with Crippen LogP contribution in [0.25, 0.3) is 11.4 Å². The van der Waals surface area contributed by atoms with Crippen molar-refractivity contribution >= 4 is 17.7 Å². The van der Waals surface area contributed by atoms with Crippen molar-refractivity contribution in [1.29, 1.82) is 0 Å². The Balaban J connectivity index is 2.04. The predicted octanol–water partition coefficient (Wildman–Crippen LogP) is 2.83. The van der Waals surface area contributed by atoms with Gasteiger partial charge in [-0.1, -0.05) is 71.9 Å². The third kappa shape index (κ3) is 5.10. The van der Waals surface area contributed by atoms with Gasteiger partial charge in [0.05, 0.1) is 12.2 Å². The van der Waals surface area contributed by atoms with Crippen molar-refractivity contribution in [2.75, 3.05) is 13.6 Å². The quantitative estimate of drug-likeness (QED) is 0.744. The SMILES string of the molecule is CNC(=O)C(NC(=O)c1nc(-c2ccccc2)n2c1CN(C(=O)C(C)(C)C)CC2)C(C)(C)C. The Hall–Kier alpha value is -3.16. The molecule has 0 saturated carbocycles. The lowest BCUT2D eigenvalue weighted by molar-refractivity contribution is -0.141. The molecule has 178 valence electrons. The number of hydrogen-bond acceptors (Lipinski definition) is 4. The normalized spacial score (nSPS) is 14.9. The zero-order valence-corrected chi connectivity index (χ0v) is 20.7. The minimum absolute atomic E-state index is 0.0282. The largest absolute Gasteiger partial charge is 0.357 e. The topological polar surface area (TPSA) is 96.3 Å². The van der Waals surface area contributed by atoms with E-state index in [1.807, 2.05) is 76.4 Å². The summed E-state index contributed by atoms with van der Waals surface area (Å²) in [7, 11) is 1.55. The van der Waals surface area contributed by atoms with E-state index in [4.69, 9.17) is 4.98 Å². The molecule has 2 aromatic rings. The molecule has 0 spiro atoms. The zero-order valence-electron chi connectivity index (χ0n) is 20.7. The van der Waals surface area contributed by atoms with Crippen LogP contribution < -0.4 is 10.6 Å². The Bertz CT molecular complexity index is 1040. The number of benzene rings is 1. The van der Waals surface area contributed by atoms with Crippen LogP contribution in [-0.4, -0.2) is 51.8 Å². The highest BCUT2D eigenvalue weighted by molar-refractivity contribution is 5.98. The first kappa shape index (κ1) is 24.5. The monoisotopic (exact) mass is 453 g/mol. The fourth-order valence-electron chi connectivity index (χ4n) is 4.02. The third-order valence-electron chi connectivity index (χ3n) is 5.83. The van der Waals surface area contributed by atoms with E-state index in [2.05, 4.69) is 10.6 Å². The van der Waals surface area contributed by atoms with Crippen LogP contribution in [0, 0.1) is 10.8 Å². The lowest BCUT2D eigenvalue weighted by Gasteiger charge is -2.34. The van der Waals surface area contributed by atoms with Crippen molar-refractivity contribution in [2.24, 2.45) is 10.8 Å². The van der Waals surface area contributed by atoms with Crippen LogP contribution in [0.2, 0.25) is 0 Å². The van der Waals surface area contributed by atoms with Gasteiger partial charge in [-0.15, -0.1) is 0 Å². The van der Waals surface area contributed by atoms with Crippen LogP contribution in [0.4, 0.5) is 0 Å². The molecular weight excluding hydrogens is 418 g/mol. The van der Waals surface area contributed by atoms with Gasteiger partial charge in [0.25, 0.3) is 5.91 Å². The Labute approximate surface area is 195 Å². The molecule has 0 fully saturated rings. The number of imidazole rings is 1. The van der Waals surface area contributed by atoms with E-state index in [1.54, 1.807) is 11.9 Å². The van der Waals surface area contributed by atoms with Gasteiger partial charge >= 0.3 is 0 Å². The molecule has 1 atom stereocenters. The van der Waals surface area contributed by atoms with Crippen LogP contribution in [0.5, 0.6) is 0 Å². The molecule has 1 unspecified atom stereocenters. The van der Waals surface area contributed by atoms with Gasteiger partial charge in [0.2, 0.25) is 11.8 Å². The summed E-state index contributed by atoms with van der Waals surface area (Å²) in [6.45, 7) is 12.7. The highest BCUT2D eigenvalue weighted by Crippen LogP contribution is 2.29. The maximum absolute atomic E-state index is 13.4. The number of nitrogens with zero attached hydrogens (tertiary/aromatic N) is 3. The summed E-state index contributed by atoms with van der Waals surface area (Å²) < 4.78 is 2.02. The molecule has 1 aliphatic rings. The highest BCUT2D eigenvalue weighted by atomic mass is 16.2. The van der Waals surface area contributed by atoms with Crippen molar-refractivity contribution in [3.63, 3.8) is 0 Å². The van der Waals surface area contributed by atoms with Gasteiger partial charge in [0.1, 0.15) is 11.9 Å². The predicted molar refractivity (Wildman–Crippen MR) is 127 cm³/mol. The second kappa shape index (κ2) is 9.00. The first-order valence-corrected chi connectivity index (χ1v) is 11.3. The smallest absolute Gasteiger partial charge is 0.272 e. The Kier molecular flexibility index (Phi) is 6.68. The summed E-state index contributed by atoms with van der Waals surface area (Å²) >= 11 is 0. The van der Waals surface area contributed by atoms with Crippen molar-refractivity contribution in [1.82, 2.24) is 25.1 Å². The fourth-order valence-corrected chi connectivity index (χ4v) is 4.02. The molecule has 3 rings (SSSR count). The number of likely N-dealkylation sites (N-methyl/N-ethyl adjacent to an activating group) is 1. The number of carbonyl (C=O) groups excluding carboxylic acids is 3. The molecule has 0 saturated heterocycles. The first-order valence-electron chi connectivity index (χ1n) is 11.3. The molecule has 3 amide bonds. The standard InChI is InChI=1S/C25H35N5O3/c1-24(2,3)19(22(32)26-7)28-21(31)18-17-15-29(23(33)25(4,5)6)13-14-30(17)20(27-18)16-11-9-8-10-12-16/h8-12,19H,13-15H2,1-7H3,(H,26,32)(H,28,31). The van der Waals surface area contributed by atoms with E-state index in [0.717, 1.165) is 5.56 Å². The van der Waals surface area contributed by atoms with Crippen molar-refractivity contribution in [3.05, 3.63) is 41.7 Å². The second-order valence-corrected chi connectivity index (χ2v) is 10.6. The van der Waals surface area contributed by atoms with Gasteiger partial charge in [0.15, 0.2) is 5.69 Å². The van der Waals surface area contributed by atoms with Crippen LogP contribution in [-0.2, 0) is 22.7 Å². The summed E-state index contributed by atoms with van der Waals surface area (Å²) in [5, 5.41) is 5.51. The minimum atomic E-state index is -0.733. The van der Waals surface area contributed by atoms with E-state index >= 15 is 0 Å². The van der Waals surface area contributed by atoms with Crippen LogP contribution >= 0.6 is 0 Å². The second-order valence-electron chi connectivity index (χ2n) is 10.6. The average Bonchev–Trinajstić information content (AvgIpc) is 3.14. The number of aromatic nitrogens is 2. The fraction of sp³-hybridized carbons (Fsp3) is 0.520. The van der Waals surface area contributed by atoms with E-state index < -0.39 is 22.8 Å². The van der Waals surface area contributed by atoms with Crippen LogP contribution in [0.1, 0.15) is 57.7 Å². The van der Waals surface area contributed by atoms with Crippen molar-refractivity contribution < 1.29 is 14.4 Å². The number of fused-ring (bicyclic) bond motifs is 1. The van der Waals surface area contributed by atoms with Gasteiger partial charge in [-0.05, 0) is 5.41 Å². The molecule has 1 aromatic carbocycles. The Morgan fingerprint density at radius 3 is 2.18 bits per heavy atom. The number of hydrogen-bond donors (Lipinski definition) is 2. The molecule has 1 aromatic heterocycles. The van der Waals surface area contributed by atoms with Crippen LogP contribution in [0.15, 0.2) is 30.3 Å². The summed E-state index contributed by atoms with van der Waals surface area (Å²) in [5.74, 6) is 0.0256. The molecule has 2 N–H and O–H groups in total. The van der Waals surface area contributed by atoms with Gasteiger partial charge in [-0.3, -0.25) is 14.4 Å². The molecule has 0 aliphatic carbocycles. The average molecular weight is 454 g/mol. The summed E-state index contributed by atoms with van der Waals surface area (Å²) in [6.07, 6.45) is 0. The number of nitrogens with one attached hydrogen (secondary N) is 2. The van der Waals surface area contributed by atoms with Gasteiger partial charge in [-0.25, -0.2) is 4.98 Å². The van der Waals surface area contributed by atoms with Gasteiger partial charge in [-0.2, -0.15) is 0 Å². The molecule has 33 heavy (non-hydrogen) atoms. The van der Waals surface area contributed by atoms with E-state index in [1.165, 1.54) is 0 Å². The molecular formula is C25H35N5O3. The summed E-state index contributed by atoms with van der Waals surface area (Å²) in [5.41, 5.74) is 0.806. The first-order chi connectivity index (χ1) is 15.3. The van der Waals surface area contributed by atoms with E-state index in [0.29, 0.717) is 31.2 Å². The van der Waals surface area contributed by atoms with Crippen LogP contribution in [0.3, 0.4) is 0 Å². The molecule has 8 nitrogen and oxygen atoms in total. The van der Waals surface area contributed by atoms with Gasteiger partial charge in [0, 0.05) is 31.1 Å². The summed E-state index contributed by atoms with van der Waals surface area (Å²) in [4.78, 5) is 45.4. The van der Waals surface area contributed by atoms with Crippen molar-refractivity contribution in [2.45, 2.75) is 60.7 Å². The Morgan fingerprint density at radius 2 is 1.64 bits per heavy atom. The zero-order chi connectivity index (χ0) is 24.6. The third-order valence-corrected chi connectivity index (χ3v) is 5.83. The Morgan fingerprint density at radius 1 is 1.00 bits per heavy atom. The van der Waals surface area contributed by atoms with E-state index in [-0.39, 0.29) is 17.5 Å².